The molecule has 0 saturated heterocycles. The van der Waals surface area contributed by atoms with Crippen LogP contribution in [0, 0.1) is 0 Å². The molecule has 0 radical (unpaired) electrons. The summed E-state index contributed by atoms with van der Waals surface area (Å²) in [6.45, 7) is 1.30. The molecule has 0 fully saturated rings. The van der Waals surface area contributed by atoms with E-state index in [4.69, 9.17) is 5.11 Å². The molecule has 3 unspecified atom stereocenters. The normalized spacial score (nSPS) is 15.4. The Kier molecular flexibility index (Phi) is 5.03. The number of hydrogen-bond acceptors (Lipinski definition) is 4. The fourth-order valence-electron chi connectivity index (χ4n) is 1.40. The maximum absolute atomic E-state index is 12.1. The van der Waals surface area contributed by atoms with E-state index in [1.165, 1.54) is 14.0 Å². The highest BCUT2D eigenvalue weighted by Crippen LogP contribution is 2.24. The monoisotopic (exact) mass is 270 g/mol. The van der Waals surface area contributed by atoms with Crippen LogP contribution in [0.5, 0.6) is 0 Å². The Labute approximate surface area is 107 Å². The SMILES string of the molecule is COC(=O)C(c1ccccc1)S(=O)C(C)C(=O)O. The molecule has 1 aromatic carbocycles. The van der Waals surface area contributed by atoms with Gasteiger partial charge in [0.2, 0.25) is 0 Å². The zero-order valence-electron chi connectivity index (χ0n) is 10.0. The maximum atomic E-state index is 12.1. The highest BCUT2D eigenvalue weighted by atomic mass is 32.2. The fourth-order valence-corrected chi connectivity index (χ4v) is 2.72. The van der Waals surface area contributed by atoms with Gasteiger partial charge in [-0.15, -0.1) is 0 Å². The van der Waals surface area contributed by atoms with Gasteiger partial charge in [-0.05, 0) is 12.5 Å². The zero-order chi connectivity index (χ0) is 13.7. The van der Waals surface area contributed by atoms with Gasteiger partial charge < -0.3 is 9.84 Å². The van der Waals surface area contributed by atoms with Crippen molar-refractivity contribution in [3.05, 3.63) is 35.9 Å². The summed E-state index contributed by atoms with van der Waals surface area (Å²) >= 11 is 0. The van der Waals surface area contributed by atoms with E-state index >= 15 is 0 Å². The summed E-state index contributed by atoms with van der Waals surface area (Å²) in [5, 5.41) is 6.63. The van der Waals surface area contributed by atoms with E-state index in [-0.39, 0.29) is 0 Å². The molecule has 3 atom stereocenters. The van der Waals surface area contributed by atoms with Crippen molar-refractivity contribution in [2.24, 2.45) is 0 Å². The molecule has 0 spiro atoms. The van der Waals surface area contributed by atoms with Gasteiger partial charge in [0.25, 0.3) is 0 Å². The average molecular weight is 270 g/mol. The molecule has 0 amide bonds. The van der Waals surface area contributed by atoms with Crippen LogP contribution >= 0.6 is 0 Å². The number of carboxylic acid groups (broad SMARTS) is 1. The summed E-state index contributed by atoms with van der Waals surface area (Å²) in [6, 6.07) is 8.37. The lowest BCUT2D eigenvalue weighted by Gasteiger charge is -2.17. The summed E-state index contributed by atoms with van der Waals surface area (Å²) in [4.78, 5) is 22.5. The molecule has 0 aliphatic rings. The first-order valence-electron chi connectivity index (χ1n) is 5.24. The van der Waals surface area contributed by atoms with Crippen LogP contribution in [-0.2, 0) is 25.1 Å². The summed E-state index contributed by atoms with van der Waals surface area (Å²) < 4.78 is 16.7. The van der Waals surface area contributed by atoms with Gasteiger partial charge in [0.15, 0.2) is 5.25 Å². The van der Waals surface area contributed by atoms with Crippen molar-refractivity contribution >= 4 is 22.7 Å². The molecule has 0 aliphatic heterocycles. The van der Waals surface area contributed by atoms with Crippen molar-refractivity contribution in [1.82, 2.24) is 0 Å². The van der Waals surface area contributed by atoms with E-state index in [9.17, 15) is 13.8 Å². The first-order valence-corrected chi connectivity index (χ1v) is 6.51. The summed E-state index contributed by atoms with van der Waals surface area (Å²) in [5.74, 6) is -1.91. The Bertz CT molecular complexity index is 457. The van der Waals surface area contributed by atoms with Crippen LogP contribution in [0.2, 0.25) is 0 Å². The van der Waals surface area contributed by atoms with Gasteiger partial charge in [-0.3, -0.25) is 13.8 Å². The van der Waals surface area contributed by atoms with E-state index in [0.29, 0.717) is 5.56 Å². The molecule has 18 heavy (non-hydrogen) atoms. The molecule has 5 nitrogen and oxygen atoms in total. The molecule has 1 aromatic rings. The first kappa shape index (κ1) is 14.4. The smallest absolute Gasteiger partial charge is 0.326 e. The molecule has 0 aliphatic carbocycles. The number of ether oxygens (including phenoxy) is 1. The Morgan fingerprint density at radius 2 is 1.83 bits per heavy atom. The highest BCUT2D eigenvalue weighted by Gasteiger charge is 2.34. The van der Waals surface area contributed by atoms with Crippen molar-refractivity contribution in [1.29, 1.82) is 0 Å². The van der Waals surface area contributed by atoms with Crippen molar-refractivity contribution in [2.75, 3.05) is 7.11 Å². The van der Waals surface area contributed by atoms with Crippen molar-refractivity contribution in [3.8, 4) is 0 Å². The van der Waals surface area contributed by atoms with Crippen LogP contribution in [0.4, 0.5) is 0 Å². The molecular weight excluding hydrogens is 256 g/mol. The van der Waals surface area contributed by atoms with E-state index in [1.54, 1.807) is 30.3 Å². The summed E-state index contributed by atoms with van der Waals surface area (Å²) in [7, 11) is -0.706. The number of methoxy groups -OCH3 is 1. The van der Waals surface area contributed by atoms with Crippen LogP contribution in [0.25, 0.3) is 0 Å². The minimum absolute atomic E-state index is 0.482. The van der Waals surface area contributed by atoms with Crippen molar-refractivity contribution in [3.63, 3.8) is 0 Å². The summed E-state index contributed by atoms with van der Waals surface area (Å²) in [5.41, 5.74) is 0.482. The van der Waals surface area contributed by atoms with Gasteiger partial charge in [0.1, 0.15) is 5.25 Å². The van der Waals surface area contributed by atoms with Crippen molar-refractivity contribution < 1.29 is 23.6 Å². The molecule has 1 N–H and O–H groups in total. The molecule has 6 heteroatoms. The highest BCUT2D eigenvalue weighted by molar-refractivity contribution is 7.87. The fraction of sp³-hybridized carbons (Fsp3) is 0.333. The molecular formula is C12H14O5S. The van der Waals surface area contributed by atoms with Crippen LogP contribution < -0.4 is 0 Å². The predicted molar refractivity (Wildman–Crippen MR) is 66.4 cm³/mol. The molecule has 0 aromatic heterocycles. The maximum Gasteiger partial charge on any atom is 0.326 e. The van der Waals surface area contributed by atoms with Crippen LogP contribution in [0.1, 0.15) is 17.7 Å². The number of esters is 1. The molecule has 0 bridgehead atoms. The quantitative estimate of drug-likeness (QED) is 0.811. The second-order valence-electron chi connectivity index (χ2n) is 3.62. The third kappa shape index (κ3) is 3.16. The number of hydrogen-bond donors (Lipinski definition) is 1. The number of rotatable bonds is 5. The topological polar surface area (TPSA) is 80.7 Å². The lowest BCUT2D eigenvalue weighted by molar-refractivity contribution is -0.140. The minimum atomic E-state index is -1.89. The van der Waals surface area contributed by atoms with Gasteiger partial charge in [0.05, 0.1) is 17.9 Å². The Balaban J connectivity index is 3.11. The largest absolute Gasteiger partial charge is 0.480 e. The number of carbonyl (C=O) groups is 2. The van der Waals surface area contributed by atoms with E-state index in [1.807, 2.05) is 0 Å². The van der Waals surface area contributed by atoms with Crippen LogP contribution in [0.3, 0.4) is 0 Å². The van der Waals surface area contributed by atoms with Gasteiger partial charge in [-0.1, -0.05) is 30.3 Å². The lowest BCUT2D eigenvalue weighted by Crippen LogP contribution is -2.30. The van der Waals surface area contributed by atoms with E-state index in [0.717, 1.165) is 0 Å². The standard InChI is InChI=1S/C12H14O5S/c1-8(11(13)14)18(16)10(12(15)17-2)9-6-4-3-5-7-9/h3-8,10H,1-2H3,(H,13,14). The number of aliphatic carboxylic acids is 1. The third-order valence-electron chi connectivity index (χ3n) is 2.45. The Morgan fingerprint density at radius 1 is 1.28 bits per heavy atom. The molecule has 0 saturated carbocycles. The number of carbonyl (C=O) groups excluding carboxylic acids is 1. The van der Waals surface area contributed by atoms with E-state index in [2.05, 4.69) is 4.74 Å². The average Bonchev–Trinajstić information content (AvgIpc) is 2.38. The molecule has 1 rings (SSSR count). The van der Waals surface area contributed by atoms with Crippen LogP contribution in [0.15, 0.2) is 30.3 Å². The molecule has 98 valence electrons. The van der Waals surface area contributed by atoms with Crippen LogP contribution in [-0.4, -0.2) is 33.6 Å². The predicted octanol–water partition coefficient (Wildman–Crippen LogP) is 1.12. The third-order valence-corrected chi connectivity index (χ3v) is 4.27. The number of carboxylic acids is 1. The lowest BCUT2D eigenvalue weighted by atomic mass is 10.1. The van der Waals surface area contributed by atoms with Gasteiger partial charge in [-0.25, -0.2) is 0 Å². The van der Waals surface area contributed by atoms with Gasteiger partial charge in [-0.2, -0.15) is 0 Å². The van der Waals surface area contributed by atoms with E-state index < -0.39 is 33.2 Å². The van der Waals surface area contributed by atoms with Gasteiger partial charge in [0, 0.05) is 0 Å². The minimum Gasteiger partial charge on any atom is -0.480 e. The Morgan fingerprint density at radius 3 is 2.28 bits per heavy atom. The number of benzene rings is 1. The summed E-state index contributed by atoms with van der Waals surface area (Å²) in [6.07, 6.45) is 0. The first-order chi connectivity index (χ1) is 8.49. The zero-order valence-corrected chi connectivity index (χ0v) is 10.8. The second-order valence-corrected chi connectivity index (χ2v) is 5.46. The second kappa shape index (κ2) is 6.30. The molecule has 0 heterocycles. The van der Waals surface area contributed by atoms with Gasteiger partial charge >= 0.3 is 11.9 Å². The van der Waals surface area contributed by atoms with Crippen molar-refractivity contribution in [2.45, 2.75) is 17.4 Å². The Hall–Kier alpha value is -1.69.